The van der Waals surface area contributed by atoms with E-state index in [2.05, 4.69) is 4.57 Å². The van der Waals surface area contributed by atoms with Crippen LogP contribution < -0.4 is 9.47 Å². The Morgan fingerprint density at radius 3 is 2.48 bits per heavy atom. The zero-order valence-electron chi connectivity index (χ0n) is 18.4. The number of methoxy groups -OCH3 is 2. The summed E-state index contributed by atoms with van der Waals surface area (Å²) in [5.74, 6) is 2.49. The summed E-state index contributed by atoms with van der Waals surface area (Å²) in [5.41, 5.74) is 5.40. The molecule has 0 unspecified atom stereocenters. The Labute approximate surface area is 182 Å². The van der Waals surface area contributed by atoms with E-state index in [1.54, 1.807) is 14.2 Å². The molecule has 2 aromatic heterocycles. The zero-order valence-corrected chi connectivity index (χ0v) is 18.4. The van der Waals surface area contributed by atoms with Crippen LogP contribution in [0.3, 0.4) is 0 Å². The number of hydrogen-bond donors (Lipinski definition) is 0. The van der Waals surface area contributed by atoms with Crippen LogP contribution in [-0.2, 0) is 25.9 Å². The fourth-order valence-electron chi connectivity index (χ4n) is 4.81. The van der Waals surface area contributed by atoms with Gasteiger partial charge in [0, 0.05) is 31.7 Å². The number of fused-ring (bicyclic) bond motifs is 4. The molecule has 7 heteroatoms. The van der Waals surface area contributed by atoms with Crippen LogP contribution in [0.5, 0.6) is 11.5 Å². The Bertz CT molecular complexity index is 1170. The molecular formula is C24H28N4O3. The molecule has 162 valence electrons. The normalized spacial score (nSPS) is 15.9. The number of carbonyl (C=O) groups is 1. The third kappa shape index (κ3) is 3.42. The van der Waals surface area contributed by atoms with Crippen molar-refractivity contribution in [2.45, 2.75) is 52.1 Å². The molecule has 0 N–H and O–H groups in total. The van der Waals surface area contributed by atoms with Crippen molar-refractivity contribution in [1.29, 1.82) is 0 Å². The highest BCUT2D eigenvalue weighted by Crippen LogP contribution is 2.34. The number of pyridine rings is 1. The molecule has 0 spiro atoms. The lowest BCUT2D eigenvalue weighted by Gasteiger charge is -2.30. The van der Waals surface area contributed by atoms with E-state index in [0.717, 1.165) is 66.2 Å². The number of ether oxygens (including phenoxy) is 2. The number of imidazole rings is 1. The van der Waals surface area contributed by atoms with E-state index in [4.69, 9.17) is 19.4 Å². The van der Waals surface area contributed by atoms with Gasteiger partial charge in [-0.3, -0.25) is 4.79 Å². The van der Waals surface area contributed by atoms with Gasteiger partial charge in [-0.2, -0.15) is 0 Å². The van der Waals surface area contributed by atoms with Crippen molar-refractivity contribution in [3.63, 3.8) is 0 Å². The van der Waals surface area contributed by atoms with Crippen molar-refractivity contribution in [2.24, 2.45) is 0 Å². The summed E-state index contributed by atoms with van der Waals surface area (Å²) in [6.45, 7) is 4.09. The number of aryl methyl sites for hydroxylation is 3. The molecule has 5 rings (SSSR count). The molecule has 0 aliphatic carbocycles. The molecule has 0 saturated heterocycles. The maximum absolute atomic E-state index is 13.6. The lowest BCUT2D eigenvalue weighted by molar-refractivity contribution is 0.0736. The SMILES string of the molecule is COc1cc2c(cc1OC)CN(C(=O)c1cc(C)nc3c1nc1n3CCCCC1)CC2. The summed E-state index contributed by atoms with van der Waals surface area (Å²) in [6, 6.07) is 5.90. The Kier molecular flexibility index (Phi) is 5.04. The number of carbonyl (C=O) groups excluding carboxylic acids is 1. The first-order valence-electron chi connectivity index (χ1n) is 11.0. The van der Waals surface area contributed by atoms with Crippen LogP contribution in [0.15, 0.2) is 18.2 Å². The molecule has 7 nitrogen and oxygen atoms in total. The van der Waals surface area contributed by atoms with Gasteiger partial charge in [-0.1, -0.05) is 6.42 Å². The number of aromatic nitrogens is 3. The number of nitrogens with zero attached hydrogens (tertiary/aromatic N) is 4. The highest BCUT2D eigenvalue weighted by Gasteiger charge is 2.27. The van der Waals surface area contributed by atoms with Gasteiger partial charge in [-0.15, -0.1) is 0 Å². The third-order valence-electron chi connectivity index (χ3n) is 6.43. The first-order valence-corrected chi connectivity index (χ1v) is 11.0. The van der Waals surface area contributed by atoms with Gasteiger partial charge in [0.25, 0.3) is 5.91 Å². The number of rotatable bonds is 3. The Hall–Kier alpha value is -3.09. The van der Waals surface area contributed by atoms with Gasteiger partial charge >= 0.3 is 0 Å². The molecule has 31 heavy (non-hydrogen) atoms. The summed E-state index contributed by atoms with van der Waals surface area (Å²) in [4.78, 5) is 25.2. The van der Waals surface area contributed by atoms with E-state index in [1.807, 2.05) is 30.0 Å². The van der Waals surface area contributed by atoms with Crippen molar-refractivity contribution >= 4 is 17.1 Å². The summed E-state index contributed by atoms with van der Waals surface area (Å²) in [7, 11) is 3.28. The van der Waals surface area contributed by atoms with E-state index in [1.165, 1.54) is 12.0 Å². The molecule has 3 aromatic rings. The maximum Gasteiger partial charge on any atom is 0.256 e. The highest BCUT2D eigenvalue weighted by atomic mass is 16.5. The largest absolute Gasteiger partial charge is 0.493 e. The molecule has 0 fully saturated rings. The minimum Gasteiger partial charge on any atom is -0.493 e. The lowest BCUT2D eigenvalue weighted by atomic mass is 9.98. The Morgan fingerprint density at radius 1 is 0.935 bits per heavy atom. The van der Waals surface area contributed by atoms with Gasteiger partial charge in [0.1, 0.15) is 11.3 Å². The molecule has 0 atom stereocenters. The molecule has 2 aliphatic heterocycles. The van der Waals surface area contributed by atoms with Crippen LogP contribution in [0, 0.1) is 6.92 Å². The van der Waals surface area contributed by atoms with Crippen LogP contribution in [0.1, 0.15) is 52.3 Å². The quantitative estimate of drug-likeness (QED) is 0.647. The fraction of sp³-hybridized carbons (Fsp3) is 0.458. The fourth-order valence-corrected chi connectivity index (χ4v) is 4.81. The number of benzene rings is 1. The van der Waals surface area contributed by atoms with Gasteiger partial charge in [0.2, 0.25) is 0 Å². The molecule has 0 radical (unpaired) electrons. The van der Waals surface area contributed by atoms with E-state index in [-0.39, 0.29) is 5.91 Å². The lowest BCUT2D eigenvalue weighted by Crippen LogP contribution is -2.36. The van der Waals surface area contributed by atoms with E-state index >= 15 is 0 Å². The van der Waals surface area contributed by atoms with E-state index in [0.29, 0.717) is 24.4 Å². The van der Waals surface area contributed by atoms with Gasteiger partial charge < -0.3 is 18.9 Å². The van der Waals surface area contributed by atoms with Crippen LogP contribution in [0.2, 0.25) is 0 Å². The van der Waals surface area contributed by atoms with Crippen LogP contribution >= 0.6 is 0 Å². The average Bonchev–Trinajstić information content (AvgIpc) is 2.97. The molecule has 0 saturated carbocycles. The molecule has 2 aliphatic rings. The third-order valence-corrected chi connectivity index (χ3v) is 6.43. The predicted molar refractivity (Wildman–Crippen MR) is 118 cm³/mol. The van der Waals surface area contributed by atoms with E-state index < -0.39 is 0 Å². The van der Waals surface area contributed by atoms with Gasteiger partial charge in [0.15, 0.2) is 17.1 Å². The second-order valence-electron chi connectivity index (χ2n) is 8.43. The molecule has 1 aromatic carbocycles. The molecule has 0 bridgehead atoms. The summed E-state index contributed by atoms with van der Waals surface area (Å²) in [6.07, 6.45) is 5.21. The van der Waals surface area contributed by atoms with Crippen molar-refractivity contribution < 1.29 is 14.3 Å². The Balaban J connectivity index is 1.51. The monoisotopic (exact) mass is 420 g/mol. The summed E-state index contributed by atoms with van der Waals surface area (Å²) >= 11 is 0. The zero-order chi connectivity index (χ0) is 21.5. The standard InChI is InChI=1S/C24H28N4O3/c1-15-11-18(22-23(25-15)28-9-6-4-5-7-21(28)26-22)24(29)27-10-8-16-12-19(30-2)20(31-3)13-17(16)14-27/h11-13H,4-10,14H2,1-3H3. The molecular weight excluding hydrogens is 392 g/mol. The minimum atomic E-state index is 0.0178. The molecule has 4 heterocycles. The van der Waals surface area contributed by atoms with Crippen LogP contribution in [0.4, 0.5) is 0 Å². The van der Waals surface area contributed by atoms with Crippen molar-refractivity contribution in [3.8, 4) is 11.5 Å². The van der Waals surface area contributed by atoms with E-state index in [9.17, 15) is 4.79 Å². The van der Waals surface area contributed by atoms with Crippen molar-refractivity contribution in [1.82, 2.24) is 19.4 Å². The van der Waals surface area contributed by atoms with Crippen molar-refractivity contribution in [3.05, 3.63) is 46.4 Å². The van der Waals surface area contributed by atoms with Gasteiger partial charge in [-0.05, 0) is 55.5 Å². The summed E-state index contributed by atoms with van der Waals surface area (Å²) in [5, 5.41) is 0. The topological polar surface area (TPSA) is 69.5 Å². The second kappa shape index (κ2) is 7.87. The number of hydrogen-bond acceptors (Lipinski definition) is 5. The summed E-state index contributed by atoms with van der Waals surface area (Å²) < 4.78 is 13.1. The van der Waals surface area contributed by atoms with Gasteiger partial charge in [-0.25, -0.2) is 9.97 Å². The molecule has 1 amide bonds. The average molecular weight is 421 g/mol. The second-order valence-corrected chi connectivity index (χ2v) is 8.43. The van der Waals surface area contributed by atoms with Gasteiger partial charge in [0.05, 0.1) is 19.8 Å². The Morgan fingerprint density at radius 2 is 1.71 bits per heavy atom. The maximum atomic E-state index is 13.6. The number of amides is 1. The predicted octanol–water partition coefficient (Wildman–Crippen LogP) is 3.68. The van der Waals surface area contributed by atoms with Crippen molar-refractivity contribution in [2.75, 3.05) is 20.8 Å². The van der Waals surface area contributed by atoms with Crippen LogP contribution in [0.25, 0.3) is 11.2 Å². The first-order chi connectivity index (χ1) is 15.1. The smallest absolute Gasteiger partial charge is 0.256 e. The van der Waals surface area contributed by atoms with Crippen LogP contribution in [-0.4, -0.2) is 46.1 Å². The highest BCUT2D eigenvalue weighted by molar-refractivity contribution is 6.04. The first kappa shape index (κ1) is 19.8. The minimum absolute atomic E-state index is 0.0178.